The van der Waals surface area contributed by atoms with Crippen LogP contribution in [0.25, 0.3) is 0 Å². The largest absolute Gasteiger partial charge is 0.506 e. The van der Waals surface area contributed by atoms with Crippen LogP contribution in [-0.2, 0) is 42.6 Å². The van der Waals surface area contributed by atoms with Crippen molar-refractivity contribution in [1.29, 1.82) is 0 Å². The van der Waals surface area contributed by atoms with E-state index in [1.807, 2.05) is 0 Å². The van der Waals surface area contributed by atoms with Gasteiger partial charge < -0.3 is 201 Å². The van der Waals surface area contributed by atoms with Crippen LogP contribution in [0.2, 0.25) is 0 Å². The molecule has 19 atom stereocenters. The van der Waals surface area contributed by atoms with E-state index in [2.05, 4.69) is 0 Å². The highest BCUT2D eigenvalue weighted by Crippen LogP contribution is 2.32. The number of aliphatic hydroxyl groups is 31. The molecule has 40 heteroatoms. The summed E-state index contributed by atoms with van der Waals surface area (Å²) in [5.74, 6) is -22.9. The molecule has 0 spiro atoms. The van der Waals surface area contributed by atoms with E-state index in [0.29, 0.717) is 0 Å². The van der Waals surface area contributed by atoms with Gasteiger partial charge in [0.05, 0.1) is 6.61 Å². The molecule has 3 aliphatic rings. The molecule has 3 aliphatic heterocycles. The molecular weight excluding hydrogens is 1220 g/mol. The average molecular weight is 1300 g/mol. The summed E-state index contributed by atoms with van der Waals surface area (Å²) >= 11 is 0. The Morgan fingerprint density at radius 3 is 0.580 bits per heavy atom. The molecule has 19 unspecified atom stereocenters. The van der Waals surface area contributed by atoms with Crippen LogP contribution in [-0.4, -0.2) is 329 Å². The molecule has 512 valence electrons. The van der Waals surface area contributed by atoms with Gasteiger partial charge in [0.15, 0.2) is 86.9 Å². The third-order valence-electron chi connectivity index (χ3n) is 12.5. The van der Waals surface area contributed by atoms with Crippen LogP contribution in [0.5, 0.6) is 0 Å². The Balaban J connectivity index is 2.90. The van der Waals surface area contributed by atoms with Crippen molar-refractivity contribution in [2.24, 2.45) is 0 Å². The van der Waals surface area contributed by atoms with Crippen LogP contribution < -0.4 is 0 Å². The molecule has 40 nitrogen and oxygen atoms in total. The van der Waals surface area contributed by atoms with Gasteiger partial charge in [0.25, 0.3) is 0 Å². The Morgan fingerprint density at radius 2 is 0.398 bits per heavy atom. The lowest BCUT2D eigenvalue weighted by atomic mass is 9.98. The van der Waals surface area contributed by atoms with E-state index in [0.717, 1.165) is 0 Å². The van der Waals surface area contributed by atoms with Crippen molar-refractivity contribution in [3.05, 3.63) is 80.6 Å². The quantitative estimate of drug-likeness (QED) is 0.0725. The molecule has 0 saturated carbocycles. The van der Waals surface area contributed by atoms with Crippen LogP contribution in [0.4, 0.5) is 0 Å². The SMILES string of the molecule is OCCC1OC(O)/C(O)=C(/O)C(CCO)OC(O)/C(O)=C(/O)C(CCO)OC(O)/C(O)=C(/O)C(CCO)OC2OC(CO)C(OC(O)/C(O)=C(/O)C(CCO)OC(O)/C(O)=C(/O)C(CCO)OC(O)/C(O)=C(/O)C(CCO)OC(O)/C(O)=C\1O)C(O)C2O. The lowest BCUT2D eigenvalue weighted by Gasteiger charge is -2.43. The van der Waals surface area contributed by atoms with Crippen molar-refractivity contribution in [3.63, 3.8) is 0 Å². The lowest BCUT2D eigenvalue weighted by molar-refractivity contribution is -0.329. The van der Waals surface area contributed by atoms with Gasteiger partial charge in [-0.05, 0) is 0 Å². The van der Waals surface area contributed by atoms with E-state index in [1.165, 1.54) is 0 Å². The highest BCUT2D eigenvalue weighted by Gasteiger charge is 2.49. The first-order chi connectivity index (χ1) is 41.4. The zero-order valence-corrected chi connectivity index (χ0v) is 46.1. The minimum Gasteiger partial charge on any atom is -0.506 e. The third-order valence-corrected chi connectivity index (χ3v) is 12.5. The fourth-order valence-corrected chi connectivity index (χ4v) is 7.77. The summed E-state index contributed by atoms with van der Waals surface area (Å²) in [7, 11) is 0. The maximum Gasteiger partial charge on any atom is 0.218 e. The van der Waals surface area contributed by atoms with Crippen molar-refractivity contribution in [3.8, 4) is 0 Å². The van der Waals surface area contributed by atoms with E-state index in [4.69, 9.17) is 42.6 Å². The molecule has 88 heavy (non-hydrogen) atoms. The van der Waals surface area contributed by atoms with Crippen molar-refractivity contribution < 1.29 is 201 Å². The average Bonchev–Trinajstić information content (AvgIpc) is 1.09. The van der Waals surface area contributed by atoms with Gasteiger partial charge in [-0.25, -0.2) is 0 Å². The van der Waals surface area contributed by atoms with Gasteiger partial charge >= 0.3 is 0 Å². The zero-order chi connectivity index (χ0) is 67.0. The first kappa shape index (κ1) is 78.4. The number of aliphatic hydroxyl groups excluding tert-OH is 31. The maximum absolute atomic E-state index is 11.1. The zero-order valence-electron chi connectivity index (χ0n) is 46.1. The summed E-state index contributed by atoms with van der Waals surface area (Å²) in [4.78, 5) is 0. The minimum atomic E-state index is -2.91. The highest BCUT2D eigenvalue weighted by molar-refractivity contribution is 5.16. The molecule has 0 aromatic carbocycles. The number of hydrogen-bond donors (Lipinski definition) is 31. The smallest absolute Gasteiger partial charge is 0.218 e. The minimum absolute atomic E-state index is 0.804. The van der Waals surface area contributed by atoms with Gasteiger partial charge in [-0.3, -0.25) is 0 Å². The Hall–Kier alpha value is -5.66. The number of fused-ring (bicyclic) bond motifs is 30. The fraction of sp³-hybridized carbons (Fsp3) is 0.708. The summed E-state index contributed by atoms with van der Waals surface area (Å²) in [6.07, 6.45) is -53.4. The Kier molecular flexibility index (Phi) is 34.0. The first-order valence-electron chi connectivity index (χ1n) is 26.1. The fourth-order valence-electron chi connectivity index (χ4n) is 7.77. The van der Waals surface area contributed by atoms with Gasteiger partial charge in [0.1, 0.15) is 67.1 Å². The monoisotopic (exact) mass is 1300 g/mol. The molecule has 0 amide bonds. The van der Waals surface area contributed by atoms with Crippen LogP contribution >= 0.6 is 0 Å². The second kappa shape index (κ2) is 38.1. The number of rotatable bonds is 15. The summed E-state index contributed by atoms with van der Waals surface area (Å²) in [5, 5.41) is 327. The van der Waals surface area contributed by atoms with Gasteiger partial charge in [0, 0.05) is 91.2 Å². The number of ether oxygens (including phenoxy) is 9. The van der Waals surface area contributed by atoms with Gasteiger partial charge in [-0.15, -0.1) is 0 Å². The van der Waals surface area contributed by atoms with Crippen LogP contribution in [0.15, 0.2) is 80.6 Å². The standard InChI is InChI=1S/C48H80O40/c49-8-1-16-24(57)32(65)41(73)81-17(2-9-50)25(58)34(67)43(75)83-19(4-11-52)27(60)36(69)45(77)85-21(6-13-54)29(62)38(71)47(79)88-40-23(15-56)87-48(39(72)31(40)64)86-22(7-14-55)30(63)37(70)46(78)84-20(5-12-53)28(61)35(68)44(76)82-18(3-10-51)26(59)33(66)42(74)80-16/h16-23,31,39-79H,1-15H2/b32-24-,33-26-,34-25-,35-28-,36-27-,37-30-,38-29-. The molecular formula is C48H80O40. The predicted molar refractivity (Wildman–Crippen MR) is 277 cm³/mol. The highest BCUT2D eigenvalue weighted by atomic mass is 16.7. The molecule has 0 aromatic rings. The Morgan fingerprint density at radius 1 is 0.216 bits per heavy atom. The molecule has 0 aliphatic carbocycles. The lowest BCUT2D eigenvalue weighted by Crippen LogP contribution is -2.61. The Labute approximate surface area is 496 Å². The number of hydrogen-bond acceptors (Lipinski definition) is 40. The van der Waals surface area contributed by atoms with E-state index in [1.54, 1.807) is 0 Å². The topological polar surface area (TPSA) is 710 Å². The molecule has 1 fully saturated rings. The van der Waals surface area contributed by atoms with Gasteiger partial charge in [-0.2, -0.15) is 0 Å². The third kappa shape index (κ3) is 21.5. The van der Waals surface area contributed by atoms with Crippen molar-refractivity contribution in [2.45, 2.75) is 162 Å². The van der Waals surface area contributed by atoms with E-state index >= 15 is 0 Å². The molecule has 3 rings (SSSR count). The second-order valence-electron chi connectivity index (χ2n) is 18.6. The van der Waals surface area contributed by atoms with Gasteiger partial charge in [0.2, 0.25) is 44.0 Å². The van der Waals surface area contributed by atoms with Crippen LogP contribution in [0.3, 0.4) is 0 Å². The summed E-state index contributed by atoms with van der Waals surface area (Å²) < 4.78 is 46.1. The summed E-state index contributed by atoms with van der Waals surface area (Å²) in [6.45, 7) is -8.35. The predicted octanol–water partition coefficient (Wildman–Crippen LogP) is -6.28. The molecule has 2 bridgehead atoms. The normalized spacial score (nSPS) is 40.2. The molecule has 3 heterocycles. The maximum atomic E-state index is 11.1. The van der Waals surface area contributed by atoms with Crippen LogP contribution in [0, 0.1) is 0 Å². The molecule has 0 aromatic heterocycles. The van der Waals surface area contributed by atoms with E-state index in [-0.39, 0.29) is 0 Å². The van der Waals surface area contributed by atoms with E-state index in [9.17, 15) is 158 Å². The summed E-state index contributed by atoms with van der Waals surface area (Å²) in [5.41, 5.74) is 0. The van der Waals surface area contributed by atoms with Crippen molar-refractivity contribution >= 4 is 0 Å². The molecule has 31 N–H and O–H groups in total. The molecule has 0 radical (unpaired) electrons. The summed E-state index contributed by atoms with van der Waals surface area (Å²) in [6, 6.07) is 0. The molecule has 1 saturated heterocycles. The van der Waals surface area contributed by atoms with Crippen molar-refractivity contribution in [1.82, 2.24) is 0 Å². The van der Waals surface area contributed by atoms with Crippen LogP contribution in [0.1, 0.15) is 44.9 Å². The first-order valence-corrected chi connectivity index (χ1v) is 26.1. The Bertz CT molecular complexity index is 2340. The second-order valence-corrected chi connectivity index (χ2v) is 18.6. The van der Waals surface area contributed by atoms with Gasteiger partial charge in [-0.1, -0.05) is 0 Å². The van der Waals surface area contributed by atoms with E-state index < -0.39 is 296 Å². The van der Waals surface area contributed by atoms with Crippen molar-refractivity contribution in [2.75, 3.05) is 52.9 Å².